The lowest BCUT2D eigenvalue weighted by atomic mass is 10.2. The van der Waals surface area contributed by atoms with Crippen LogP contribution in [0.2, 0.25) is 0 Å². The SMILES string of the molecule is O=C1CN=C(Nc2ccccc2F)N1Cc1ccccc1. The molecule has 0 aromatic heterocycles. The summed E-state index contributed by atoms with van der Waals surface area (Å²) in [7, 11) is 0. The highest BCUT2D eigenvalue weighted by Gasteiger charge is 2.26. The maximum atomic E-state index is 13.7. The number of hydrogen-bond acceptors (Lipinski definition) is 3. The van der Waals surface area contributed by atoms with E-state index in [0.29, 0.717) is 18.2 Å². The number of halogens is 1. The predicted octanol–water partition coefficient (Wildman–Crippen LogP) is 2.64. The number of nitrogens with one attached hydrogen (secondary N) is 1. The number of benzene rings is 2. The monoisotopic (exact) mass is 283 g/mol. The zero-order valence-electron chi connectivity index (χ0n) is 11.3. The van der Waals surface area contributed by atoms with Crippen LogP contribution in [0.15, 0.2) is 59.6 Å². The van der Waals surface area contributed by atoms with Gasteiger partial charge in [0.2, 0.25) is 5.96 Å². The number of guanidine groups is 1. The molecule has 1 aliphatic heterocycles. The minimum absolute atomic E-state index is 0.0869. The Bertz CT molecular complexity index is 685. The van der Waals surface area contributed by atoms with Gasteiger partial charge in [0.15, 0.2) is 0 Å². The molecule has 5 heteroatoms. The number of amides is 1. The van der Waals surface area contributed by atoms with Crippen molar-refractivity contribution in [1.29, 1.82) is 0 Å². The second kappa shape index (κ2) is 5.75. The highest BCUT2D eigenvalue weighted by molar-refractivity contribution is 6.08. The number of carbonyl (C=O) groups excluding carboxylic acids is 1. The van der Waals surface area contributed by atoms with Crippen molar-refractivity contribution in [1.82, 2.24) is 4.90 Å². The Balaban J connectivity index is 1.78. The Hall–Kier alpha value is -2.69. The van der Waals surface area contributed by atoms with Gasteiger partial charge in [-0.2, -0.15) is 0 Å². The van der Waals surface area contributed by atoms with Crippen molar-refractivity contribution in [3.63, 3.8) is 0 Å². The first kappa shape index (κ1) is 13.3. The second-order valence-electron chi connectivity index (χ2n) is 4.71. The highest BCUT2D eigenvalue weighted by atomic mass is 19.1. The molecule has 4 nitrogen and oxygen atoms in total. The number of carbonyl (C=O) groups is 1. The van der Waals surface area contributed by atoms with Crippen LogP contribution in [0.1, 0.15) is 5.56 Å². The maximum absolute atomic E-state index is 13.7. The zero-order valence-corrected chi connectivity index (χ0v) is 11.3. The van der Waals surface area contributed by atoms with Crippen molar-refractivity contribution >= 4 is 17.6 Å². The van der Waals surface area contributed by atoms with Crippen molar-refractivity contribution in [2.24, 2.45) is 4.99 Å². The minimum Gasteiger partial charge on any atom is -0.323 e. The summed E-state index contributed by atoms with van der Waals surface area (Å²) in [4.78, 5) is 17.6. The van der Waals surface area contributed by atoms with Crippen LogP contribution in [0.4, 0.5) is 10.1 Å². The van der Waals surface area contributed by atoms with Crippen molar-refractivity contribution < 1.29 is 9.18 Å². The number of hydrogen-bond donors (Lipinski definition) is 1. The lowest BCUT2D eigenvalue weighted by Gasteiger charge is -2.19. The van der Waals surface area contributed by atoms with Gasteiger partial charge in [-0.25, -0.2) is 9.38 Å². The molecule has 0 saturated heterocycles. The molecule has 0 atom stereocenters. The van der Waals surface area contributed by atoms with E-state index < -0.39 is 0 Å². The molecule has 2 aromatic rings. The fourth-order valence-electron chi connectivity index (χ4n) is 2.15. The molecule has 0 spiro atoms. The van der Waals surface area contributed by atoms with E-state index in [4.69, 9.17) is 0 Å². The van der Waals surface area contributed by atoms with Gasteiger partial charge in [-0.15, -0.1) is 0 Å². The Morgan fingerprint density at radius 1 is 1.10 bits per heavy atom. The molecule has 1 aliphatic rings. The lowest BCUT2D eigenvalue weighted by Crippen LogP contribution is -2.36. The molecule has 0 bridgehead atoms. The van der Waals surface area contributed by atoms with Crippen molar-refractivity contribution in [2.75, 3.05) is 11.9 Å². The standard InChI is InChI=1S/C16H14FN3O/c17-13-8-4-5-9-14(13)19-16-18-10-15(21)20(16)11-12-6-2-1-3-7-12/h1-9H,10-11H2,(H,18,19). The Morgan fingerprint density at radius 3 is 2.57 bits per heavy atom. The number of rotatable bonds is 3. The summed E-state index contributed by atoms with van der Waals surface area (Å²) in [6.45, 7) is 0.504. The number of nitrogens with zero attached hydrogens (tertiary/aromatic N) is 2. The van der Waals surface area contributed by atoms with E-state index in [-0.39, 0.29) is 18.3 Å². The first-order valence-corrected chi connectivity index (χ1v) is 6.64. The van der Waals surface area contributed by atoms with Gasteiger partial charge in [0, 0.05) is 0 Å². The van der Waals surface area contributed by atoms with Crippen LogP contribution in [-0.4, -0.2) is 23.3 Å². The zero-order chi connectivity index (χ0) is 14.7. The van der Waals surface area contributed by atoms with Gasteiger partial charge in [0.05, 0.1) is 12.2 Å². The second-order valence-corrected chi connectivity index (χ2v) is 4.71. The van der Waals surface area contributed by atoms with Gasteiger partial charge >= 0.3 is 0 Å². The fraction of sp³-hybridized carbons (Fsp3) is 0.125. The third kappa shape index (κ3) is 2.91. The third-order valence-corrected chi connectivity index (χ3v) is 3.22. The van der Waals surface area contributed by atoms with Crippen LogP contribution in [0.25, 0.3) is 0 Å². The van der Waals surface area contributed by atoms with Crippen LogP contribution in [-0.2, 0) is 11.3 Å². The summed E-state index contributed by atoms with van der Waals surface area (Å²) in [5.74, 6) is -0.0918. The van der Waals surface area contributed by atoms with Gasteiger partial charge in [0.1, 0.15) is 12.4 Å². The van der Waals surface area contributed by atoms with Crippen LogP contribution in [0, 0.1) is 5.82 Å². The maximum Gasteiger partial charge on any atom is 0.251 e. The van der Waals surface area contributed by atoms with Crippen molar-refractivity contribution in [2.45, 2.75) is 6.54 Å². The van der Waals surface area contributed by atoms with E-state index in [1.807, 2.05) is 30.3 Å². The molecule has 0 saturated carbocycles. The normalized spacial score (nSPS) is 14.2. The molecule has 2 aromatic carbocycles. The van der Waals surface area contributed by atoms with Gasteiger partial charge in [-0.05, 0) is 17.7 Å². The molecule has 0 aliphatic carbocycles. The summed E-state index contributed by atoms with van der Waals surface area (Å²) in [5, 5.41) is 2.89. The first-order chi connectivity index (χ1) is 10.2. The smallest absolute Gasteiger partial charge is 0.251 e. The largest absolute Gasteiger partial charge is 0.323 e. The molecule has 0 fully saturated rings. The summed E-state index contributed by atoms with van der Waals surface area (Å²) in [6, 6.07) is 15.9. The highest BCUT2D eigenvalue weighted by Crippen LogP contribution is 2.16. The van der Waals surface area contributed by atoms with E-state index in [0.717, 1.165) is 5.56 Å². The van der Waals surface area contributed by atoms with E-state index in [1.54, 1.807) is 18.2 Å². The average molecular weight is 283 g/mol. The molecule has 1 heterocycles. The van der Waals surface area contributed by atoms with Crippen molar-refractivity contribution in [3.8, 4) is 0 Å². The summed E-state index contributed by atoms with van der Waals surface area (Å²) in [5.41, 5.74) is 1.31. The molecule has 0 radical (unpaired) electrons. The Kier molecular flexibility index (Phi) is 3.64. The molecular weight excluding hydrogens is 269 g/mol. The Morgan fingerprint density at radius 2 is 1.81 bits per heavy atom. The van der Waals surface area contributed by atoms with E-state index in [2.05, 4.69) is 10.3 Å². The van der Waals surface area contributed by atoms with E-state index >= 15 is 0 Å². The lowest BCUT2D eigenvalue weighted by molar-refractivity contribution is -0.125. The molecule has 106 valence electrons. The van der Waals surface area contributed by atoms with Crippen LogP contribution in [0.5, 0.6) is 0 Å². The van der Waals surface area contributed by atoms with Crippen LogP contribution >= 0.6 is 0 Å². The van der Waals surface area contributed by atoms with Gasteiger partial charge in [0.25, 0.3) is 5.91 Å². The molecule has 21 heavy (non-hydrogen) atoms. The van der Waals surface area contributed by atoms with Crippen LogP contribution in [0.3, 0.4) is 0 Å². The number of anilines is 1. The molecule has 0 unspecified atom stereocenters. The van der Waals surface area contributed by atoms with Gasteiger partial charge in [-0.3, -0.25) is 9.69 Å². The third-order valence-electron chi connectivity index (χ3n) is 3.22. The summed E-state index contributed by atoms with van der Waals surface area (Å²) < 4.78 is 13.7. The number of aliphatic imine (C=N–C) groups is 1. The Labute approximate surface area is 121 Å². The average Bonchev–Trinajstić information content (AvgIpc) is 2.84. The van der Waals surface area contributed by atoms with Gasteiger partial charge in [-0.1, -0.05) is 42.5 Å². The molecule has 1 amide bonds. The number of para-hydroxylation sites is 1. The molecular formula is C16H14FN3O. The predicted molar refractivity (Wildman–Crippen MR) is 79.3 cm³/mol. The summed E-state index contributed by atoms with van der Waals surface area (Å²) in [6.07, 6.45) is 0. The fourth-order valence-corrected chi connectivity index (χ4v) is 2.15. The topological polar surface area (TPSA) is 44.7 Å². The first-order valence-electron chi connectivity index (χ1n) is 6.64. The summed E-state index contributed by atoms with van der Waals surface area (Å²) >= 11 is 0. The van der Waals surface area contributed by atoms with Gasteiger partial charge < -0.3 is 5.32 Å². The minimum atomic E-state index is -0.376. The van der Waals surface area contributed by atoms with E-state index in [1.165, 1.54) is 11.0 Å². The van der Waals surface area contributed by atoms with Crippen LogP contribution < -0.4 is 5.32 Å². The molecule has 3 rings (SSSR count). The van der Waals surface area contributed by atoms with E-state index in [9.17, 15) is 9.18 Å². The molecule has 1 N–H and O–H groups in total. The quantitative estimate of drug-likeness (QED) is 0.941. The van der Waals surface area contributed by atoms with Crippen molar-refractivity contribution in [3.05, 3.63) is 66.0 Å².